The van der Waals surface area contributed by atoms with E-state index in [9.17, 15) is 15.1 Å². The van der Waals surface area contributed by atoms with E-state index in [4.69, 9.17) is 61.6 Å². The first-order valence-electron chi connectivity index (χ1n) is 33.3. The summed E-state index contributed by atoms with van der Waals surface area (Å²) in [7, 11) is 0. The molecule has 1 amide bonds. The summed E-state index contributed by atoms with van der Waals surface area (Å²) in [5.74, 6) is -0.719. The molecule has 0 spiro atoms. The lowest BCUT2D eigenvalue weighted by Crippen LogP contribution is -2.66. The van der Waals surface area contributed by atoms with Crippen molar-refractivity contribution >= 4 is 12.1 Å². The number of ether oxygens (including phenoxy) is 13. The predicted molar refractivity (Wildman–Crippen MR) is 367 cm³/mol. The lowest BCUT2D eigenvalue weighted by atomic mass is 9.95. The molecule has 12 atom stereocenters. The summed E-state index contributed by atoms with van der Waals surface area (Å²) in [5.41, 5.74) is 16.2. The number of hydrogen-bond acceptors (Lipinski definition) is 16. The van der Waals surface area contributed by atoms with Crippen LogP contribution in [0.4, 0.5) is 4.79 Å². The summed E-state index contributed by atoms with van der Waals surface area (Å²) in [6, 6.07) is 76.6. The molecule has 0 unspecified atom stereocenters. The quantitative estimate of drug-likeness (QED) is 0.0167. The number of carbonyl (C=O) groups is 2. The molecule has 0 saturated carbocycles. The van der Waals surface area contributed by atoms with Crippen LogP contribution in [0.15, 0.2) is 248 Å². The van der Waals surface area contributed by atoms with Crippen molar-refractivity contribution in [2.45, 2.75) is 166 Å². The minimum Gasteiger partial charge on any atom is -0.458 e. The van der Waals surface area contributed by atoms with Crippen molar-refractivity contribution in [3.8, 4) is 0 Å². The van der Waals surface area contributed by atoms with Gasteiger partial charge in [-0.1, -0.05) is 248 Å². The Kier molecular flexibility index (Phi) is 28.3. The Morgan fingerprint density at radius 1 is 0.439 bits per heavy atom. The first-order chi connectivity index (χ1) is 48.0. The Hall–Kier alpha value is -8.63. The normalized spacial score (nSPS) is 21.4. The maximum atomic E-state index is 14.2. The average molecular weight is 1330 g/mol. The number of amides is 1. The number of alkyl carbamates (subject to hydrolysis) is 1. The summed E-state index contributed by atoms with van der Waals surface area (Å²) in [4.78, 5) is 31.0. The van der Waals surface area contributed by atoms with Gasteiger partial charge in [0.1, 0.15) is 67.1 Å². The monoisotopic (exact) mass is 1330 g/mol. The van der Waals surface area contributed by atoms with E-state index >= 15 is 0 Å². The van der Waals surface area contributed by atoms with Crippen molar-refractivity contribution in [3.63, 3.8) is 0 Å². The summed E-state index contributed by atoms with van der Waals surface area (Å²) in [6.07, 6.45) is -12.7. The SMILES string of the molecule is CC(C)(C)OC(=O)[C@H](CC[C@H](CN=[N+]=[N-])O[C@@H]1O[C@H](COCc2ccccc2)[C@H](OCc2ccccc2)[C@H](OCc2ccccc2)[C@H]1O[C@H]1O[C@H](COCc2ccccc2)[C@@H](OCc2ccccc2)[C@H](OCc2ccccc2)[C@H]1OCc1ccccc1)NC(=O)OCc1ccccc1. The summed E-state index contributed by atoms with van der Waals surface area (Å²) >= 11 is 0. The molecule has 0 radical (unpaired) electrons. The zero-order chi connectivity index (χ0) is 68.0. The molecule has 0 aromatic heterocycles. The van der Waals surface area contributed by atoms with E-state index in [2.05, 4.69) is 15.3 Å². The number of nitrogens with one attached hydrogen (secondary N) is 1. The lowest BCUT2D eigenvalue weighted by Gasteiger charge is -2.50. The van der Waals surface area contributed by atoms with Crippen LogP contribution in [0.5, 0.6) is 0 Å². The first-order valence-corrected chi connectivity index (χ1v) is 33.3. The molecule has 2 saturated heterocycles. The van der Waals surface area contributed by atoms with E-state index in [1.54, 1.807) is 20.8 Å². The van der Waals surface area contributed by atoms with Gasteiger partial charge < -0.3 is 66.9 Å². The van der Waals surface area contributed by atoms with E-state index in [-0.39, 0.29) is 85.5 Å². The molecule has 19 nitrogen and oxygen atoms in total. The number of esters is 1. The highest BCUT2D eigenvalue weighted by atomic mass is 16.8. The molecular weight excluding hydrogens is 1240 g/mol. The van der Waals surface area contributed by atoms with Gasteiger partial charge >= 0.3 is 12.1 Å². The molecule has 98 heavy (non-hydrogen) atoms. The van der Waals surface area contributed by atoms with E-state index in [1.165, 1.54) is 0 Å². The van der Waals surface area contributed by atoms with Crippen LogP contribution in [-0.2, 0) is 119 Å². The maximum absolute atomic E-state index is 14.2. The molecule has 514 valence electrons. The third-order valence-corrected chi connectivity index (χ3v) is 16.3. The lowest BCUT2D eigenvalue weighted by molar-refractivity contribution is -0.387. The average Bonchev–Trinajstić information content (AvgIpc) is 0.774. The highest BCUT2D eigenvalue weighted by molar-refractivity contribution is 5.81. The van der Waals surface area contributed by atoms with Gasteiger partial charge in [-0.3, -0.25) is 0 Å². The molecule has 2 aliphatic heterocycles. The molecule has 10 rings (SSSR count). The van der Waals surface area contributed by atoms with Crippen molar-refractivity contribution in [1.29, 1.82) is 0 Å². The summed E-state index contributed by atoms with van der Waals surface area (Å²) < 4.78 is 90.3. The molecule has 2 heterocycles. The second kappa shape index (κ2) is 38.5. The number of rotatable bonds is 36. The van der Waals surface area contributed by atoms with Gasteiger partial charge in [-0.25, -0.2) is 9.59 Å². The molecule has 0 aliphatic carbocycles. The van der Waals surface area contributed by atoms with Gasteiger partial charge in [0, 0.05) is 4.91 Å². The van der Waals surface area contributed by atoms with Crippen LogP contribution in [0.25, 0.3) is 10.4 Å². The van der Waals surface area contributed by atoms with Crippen LogP contribution in [0.3, 0.4) is 0 Å². The van der Waals surface area contributed by atoms with Gasteiger partial charge in [0.15, 0.2) is 12.6 Å². The number of carbonyl (C=O) groups excluding carboxylic acids is 2. The molecule has 8 aromatic carbocycles. The Morgan fingerprint density at radius 2 is 0.776 bits per heavy atom. The van der Waals surface area contributed by atoms with Crippen LogP contribution >= 0.6 is 0 Å². The summed E-state index contributed by atoms with van der Waals surface area (Å²) in [5, 5.41) is 6.79. The van der Waals surface area contributed by atoms with E-state index in [0.717, 1.165) is 44.5 Å². The number of azide groups is 1. The fraction of sp³-hybridized carbons (Fsp3) is 0.367. The summed E-state index contributed by atoms with van der Waals surface area (Å²) in [6.45, 7) is 5.99. The Bertz CT molecular complexity index is 3600. The Balaban J connectivity index is 1.08. The van der Waals surface area contributed by atoms with Gasteiger partial charge in [0.25, 0.3) is 0 Å². The van der Waals surface area contributed by atoms with Crippen molar-refractivity contribution in [2.75, 3.05) is 19.8 Å². The van der Waals surface area contributed by atoms with Crippen molar-refractivity contribution in [1.82, 2.24) is 5.32 Å². The molecule has 1 N–H and O–H groups in total. The fourth-order valence-electron chi connectivity index (χ4n) is 11.5. The number of nitrogens with zero attached hydrogens (tertiary/aromatic N) is 3. The third kappa shape index (κ3) is 23.3. The van der Waals surface area contributed by atoms with Crippen molar-refractivity contribution < 1.29 is 71.2 Å². The van der Waals surface area contributed by atoms with Gasteiger partial charge in [-0.15, -0.1) is 0 Å². The largest absolute Gasteiger partial charge is 0.458 e. The van der Waals surface area contributed by atoms with E-state index in [1.807, 2.05) is 243 Å². The predicted octanol–water partition coefficient (Wildman–Crippen LogP) is 14.3. The molecule has 2 fully saturated rings. The van der Waals surface area contributed by atoms with Gasteiger partial charge in [-0.05, 0) is 83.7 Å². The zero-order valence-corrected chi connectivity index (χ0v) is 55.7. The van der Waals surface area contributed by atoms with Crippen LogP contribution in [-0.4, -0.2) is 111 Å². The fourth-order valence-corrected chi connectivity index (χ4v) is 11.5. The van der Waals surface area contributed by atoms with Crippen LogP contribution in [0.2, 0.25) is 0 Å². The van der Waals surface area contributed by atoms with Crippen LogP contribution in [0, 0.1) is 0 Å². The van der Waals surface area contributed by atoms with Gasteiger partial charge in [0.2, 0.25) is 0 Å². The van der Waals surface area contributed by atoms with Gasteiger partial charge in [-0.2, -0.15) is 0 Å². The second-order valence-corrected chi connectivity index (χ2v) is 25.0. The minimum absolute atomic E-state index is 0.00742. The highest BCUT2D eigenvalue weighted by Gasteiger charge is 2.55. The van der Waals surface area contributed by atoms with E-state index < -0.39 is 91.2 Å². The van der Waals surface area contributed by atoms with Gasteiger partial charge in [0.05, 0.1) is 72.1 Å². The Labute approximate surface area is 574 Å². The molecule has 0 bridgehead atoms. The maximum Gasteiger partial charge on any atom is 0.408 e. The standard InChI is InChI=1S/C79H88N4O15/c1-79(2,3)98-75(84)66(82-78(85)93-54-64-42-26-11-27-43-64)45-44-65(46-81-83-80)94-77-74(72(91-52-62-38-22-9-23-39-62)70(89-50-60-34-18-7-19-35-60)68(96-77)56-87-48-58-30-14-5-15-31-58)97-76-73(92-53-63-40-24-10-25-41-63)71(90-51-61-36-20-8-21-37-61)69(88-49-59-32-16-6-17-33-59)67(95-76)55-86-47-57-28-12-4-13-29-57/h4-43,65-74,76-77H,44-56H2,1-3H3,(H,82,85)/t65-,66+,67-,68-,69-,70+,71+,72+,73-,74-,76-,77-/m1/s1. The second-order valence-electron chi connectivity index (χ2n) is 25.0. The highest BCUT2D eigenvalue weighted by Crippen LogP contribution is 2.38. The molecule has 8 aromatic rings. The first kappa shape index (κ1) is 72.1. The van der Waals surface area contributed by atoms with Crippen LogP contribution in [0.1, 0.15) is 78.1 Å². The zero-order valence-electron chi connectivity index (χ0n) is 55.7. The van der Waals surface area contributed by atoms with Crippen molar-refractivity contribution in [3.05, 3.63) is 298 Å². The minimum atomic E-state index is -1.43. The molecular formula is C79H88N4O15. The number of hydrogen-bond donors (Lipinski definition) is 1. The van der Waals surface area contributed by atoms with E-state index in [0.29, 0.717) is 0 Å². The topological polar surface area (TPSA) is 215 Å². The molecule has 19 heteroatoms. The Morgan fingerprint density at radius 3 is 1.15 bits per heavy atom. The third-order valence-electron chi connectivity index (χ3n) is 16.3. The number of benzene rings is 8. The van der Waals surface area contributed by atoms with Crippen LogP contribution < -0.4 is 5.32 Å². The molecule has 2 aliphatic rings. The van der Waals surface area contributed by atoms with Crippen molar-refractivity contribution in [2.24, 2.45) is 5.11 Å². The smallest absolute Gasteiger partial charge is 0.408 e.